The number of anilines is 1. The summed E-state index contributed by atoms with van der Waals surface area (Å²) in [7, 11) is -3.47. The third kappa shape index (κ3) is 3.72. The van der Waals surface area contributed by atoms with Gasteiger partial charge in [-0.3, -0.25) is 0 Å². The summed E-state index contributed by atoms with van der Waals surface area (Å²) in [5.74, 6) is 0. The molecule has 0 saturated carbocycles. The van der Waals surface area contributed by atoms with Crippen LogP contribution in [-0.4, -0.2) is 32.5 Å². The Morgan fingerprint density at radius 2 is 1.83 bits per heavy atom. The maximum absolute atomic E-state index is 12.4. The fourth-order valence-corrected chi connectivity index (χ4v) is 4.11. The lowest BCUT2D eigenvalue weighted by atomic mass is 10.1. The normalized spacial score (nSPS) is 15.9. The standard InChI is InChI=1S/C17H18N4O2S/c18-12-15-6-7-16(13-19-15)21-10-8-14(9-11-21)20-24(22,23)17-4-2-1-3-5-17/h1-7,13-14,20H,8-11H2. The Hall–Kier alpha value is -2.43. The SMILES string of the molecule is N#Cc1ccc(N2CCC(NS(=O)(=O)c3ccccc3)CC2)cn1. The van der Waals surface area contributed by atoms with E-state index >= 15 is 0 Å². The molecule has 1 fully saturated rings. The van der Waals surface area contributed by atoms with Crippen molar-refractivity contribution in [3.8, 4) is 6.07 Å². The number of sulfonamides is 1. The summed E-state index contributed by atoms with van der Waals surface area (Å²) >= 11 is 0. The molecule has 1 aromatic heterocycles. The van der Waals surface area contributed by atoms with Gasteiger partial charge in [0.25, 0.3) is 0 Å². The Morgan fingerprint density at radius 3 is 2.42 bits per heavy atom. The minimum Gasteiger partial charge on any atom is -0.370 e. The van der Waals surface area contributed by atoms with E-state index in [2.05, 4.69) is 14.6 Å². The van der Waals surface area contributed by atoms with Gasteiger partial charge in [-0.05, 0) is 37.1 Å². The first-order valence-electron chi connectivity index (χ1n) is 7.77. The Kier molecular flexibility index (Phi) is 4.79. The molecule has 1 N–H and O–H groups in total. The van der Waals surface area contributed by atoms with Gasteiger partial charge in [-0.2, -0.15) is 5.26 Å². The lowest BCUT2D eigenvalue weighted by Gasteiger charge is -2.33. The molecule has 124 valence electrons. The lowest BCUT2D eigenvalue weighted by molar-refractivity contribution is 0.460. The smallest absolute Gasteiger partial charge is 0.240 e. The number of hydrogen-bond donors (Lipinski definition) is 1. The van der Waals surface area contributed by atoms with Crippen LogP contribution in [0.5, 0.6) is 0 Å². The molecule has 24 heavy (non-hydrogen) atoms. The predicted octanol–water partition coefficient (Wildman–Crippen LogP) is 1.90. The first-order valence-corrected chi connectivity index (χ1v) is 9.25. The number of benzene rings is 1. The Bertz CT molecular complexity index is 821. The van der Waals surface area contributed by atoms with Gasteiger partial charge in [-0.25, -0.2) is 18.1 Å². The van der Waals surface area contributed by atoms with Crippen LogP contribution in [0.15, 0.2) is 53.6 Å². The van der Waals surface area contributed by atoms with Crippen molar-refractivity contribution in [3.05, 3.63) is 54.4 Å². The van der Waals surface area contributed by atoms with Crippen LogP contribution in [0.4, 0.5) is 5.69 Å². The van der Waals surface area contributed by atoms with Gasteiger partial charge >= 0.3 is 0 Å². The number of nitriles is 1. The van der Waals surface area contributed by atoms with E-state index in [4.69, 9.17) is 5.26 Å². The van der Waals surface area contributed by atoms with E-state index in [-0.39, 0.29) is 6.04 Å². The zero-order valence-corrected chi connectivity index (χ0v) is 13.9. The van der Waals surface area contributed by atoms with E-state index in [9.17, 15) is 8.42 Å². The maximum atomic E-state index is 12.4. The maximum Gasteiger partial charge on any atom is 0.240 e. The highest BCUT2D eigenvalue weighted by Gasteiger charge is 2.24. The van der Waals surface area contributed by atoms with Crippen LogP contribution in [0.25, 0.3) is 0 Å². The second-order valence-electron chi connectivity index (χ2n) is 5.71. The largest absolute Gasteiger partial charge is 0.370 e. The quantitative estimate of drug-likeness (QED) is 0.917. The zero-order valence-electron chi connectivity index (χ0n) is 13.1. The average Bonchev–Trinajstić information content (AvgIpc) is 2.63. The second-order valence-corrected chi connectivity index (χ2v) is 7.42. The summed E-state index contributed by atoms with van der Waals surface area (Å²) < 4.78 is 27.5. The molecule has 0 radical (unpaired) electrons. The molecule has 2 aromatic rings. The molecule has 7 heteroatoms. The van der Waals surface area contributed by atoms with Gasteiger partial charge < -0.3 is 4.90 Å². The lowest BCUT2D eigenvalue weighted by Crippen LogP contribution is -2.44. The van der Waals surface area contributed by atoms with Gasteiger partial charge in [0.2, 0.25) is 10.0 Å². The molecule has 0 unspecified atom stereocenters. The first kappa shape index (κ1) is 16.4. The molecule has 0 spiro atoms. The summed E-state index contributed by atoms with van der Waals surface area (Å²) in [6.45, 7) is 1.49. The number of pyridine rings is 1. The molecule has 1 saturated heterocycles. The number of rotatable bonds is 4. The Balaban J connectivity index is 1.60. The summed E-state index contributed by atoms with van der Waals surface area (Å²) in [5.41, 5.74) is 1.35. The van der Waals surface area contributed by atoms with Crippen molar-refractivity contribution in [2.75, 3.05) is 18.0 Å². The van der Waals surface area contributed by atoms with Crippen LogP contribution in [0, 0.1) is 11.3 Å². The molecule has 1 aromatic carbocycles. The highest BCUT2D eigenvalue weighted by molar-refractivity contribution is 7.89. The van der Waals surface area contributed by atoms with Gasteiger partial charge in [-0.1, -0.05) is 18.2 Å². The summed E-state index contributed by atoms with van der Waals surface area (Å²) in [5, 5.41) is 8.78. The molecule has 1 aliphatic rings. The third-order valence-electron chi connectivity index (χ3n) is 4.10. The number of piperidine rings is 1. The third-order valence-corrected chi connectivity index (χ3v) is 5.63. The summed E-state index contributed by atoms with van der Waals surface area (Å²) in [4.78, 5) is 6.53. The van der Waals surface area contributed by atoms with Crippen LogP contribution in [-0.2, 0) is 10.0 Å². The molecule has 0 amide bonds. The fourth-order valence-electron chi connectivity index (χ4n) is 2.78. The summed E-state index contributed by atoms with van der Waals surface area (Å²) in [6, 6.07) is 13.9. The monoisotopic (exact) mass is 342 g/mol. The fraction of sp³-hybridized carbons (Fsp3) is 0.294. The average molecular weight is 342 g/mol. The van der Waals surface area contributed by atoms with Crippen LogP contribution in [0.1, 0.15) is 18.5 Å². The van der Waals surface area contributed by atoms with E-state index in [1.807, 2.05) is 12.1 Å². The highest BCUT2D eigenvalue weighted by atomic mass is 32.2. The number of aromatic nitrogens is 1. The molecule has 2 heterocycles. The van der Waals surface area contributed by atoms with Crippen molar-refractivity contribution in [3.63, 3.8) is 0 Å². The predicted molar refractivity (Wildman–Crippen MR) is 91.0 cm³/mol. The van der Waals surface area contributed by atoms with Crippen molar-refractivity contribution in [1.82, 2.24) is 9.71 Å². The highest BCUT2D eigenvalue weighted by Crippen LogP contribution is 2.20. The van der Waals surface area contributed by atoms with Crippen molar-refractivity contribution in [1.29, 1.82) is 5.26 Å². The Labute approximate surface area is 141 Å². The minimum absolute atomic E-state index is 0.0715. The number of nitrogens with zero attached hydrogens (tertiary/aromatic N) is 3. The topological polar surface area (TPSA) is 86.1 Å². The first-order chi connectivity index (χ1) is 11.6. The van der Waals surface area contributed by atoms with Crippen LogP contribution in [0.3, 0.4) is 0 Å². The van der Waals surface area contributed by atoms with Gasteiger partial charge in [-0.15, -0.1) is 0 Å². The van der Waals surface area contributed by atoms with E-state index in [1.165, 1.54) is 0 Å². The molecule has 6 nitrogen and oxygen atoms in total. The van der Waals surface area contributed by atoms with Crippen molar-refractivity contribution < 1.29 is 8.42 Å². The van der Waals surface area contributed by atoms with Gasteiger partial charge in [0.05, 0.1) is 16.8 Å². The molecular formula is C17H18N4O2S. The minimum atomic E-state index is -3.47. The Morgan fingerprint density at radius 1 is 1.12 bits per heavy atom. The van der Waals surface area contributed by atoms with E-state index in [0.29, 0.717) is 10.6 Å². The zero-order chi connectivity index (χ0) is 17.0. The van der Waals surface area contributed by atoms with E-state index in [0.717, 1.165) is 31.6 Å². The van der Waals surface area contributed by atoms with Gasteiger partial charge in [0.15, 0.2) is 0 Å². The van der Waals surface area contributed by atoms with Crippen molar-refractivity contribution >= 4 is 15.7 Å². The van der Waals surface area contributed by atoms with E-state index < -0.39 is 10.0 Å². The number of hydrogen-bond acceptors (Lipinski definition) is 5. The molecule has 0 atom stereocenters. The molecular weight excluding hydrogens is 324 g/mol. The van der Waals surface area contributed by atoms with Crippen LogP contribution in [0.2, 0.25) is 0 Å². The molecule has 1 aliphatic heterocycles. The van der Waals surface area contributed by atoms with Gasteiger partial charge in [0, 0.05) is 19.1 Å². The van der Waals surface area contributed by atoms with Crippen LogP contribution >= 0.6 is 0 Å². The number of nitrogens with one attached hydrogen (secondary N) is 1. The molecule has 0 aliphatic carbocycles. The van der Waals surface area contributed by atoms with Crippen molar-refractivity contribution in [2.24, 2.45) is 0 Å². The second kappa shape index (κ2) is 6.99. The van der Waals surface area contributed by atoms with Gasteiger partial charge in [0.1, 0.15) is 11.8 Å². The van der Waals surface area contributed by atoms with Crippen LogP contribution < -0.4 is 9.62 Å². The van der Waals surface area contributed by atoms with Crippen molar-refractivity contribution in [2.45, 2.75) is 23.8 Å². The molecule has 3 rings (SSSR count). The van der Waals surface area contributed by atoms with E-state index in [1.54, 1.807) is 42.6 Å². The summed E-state index contributed by atoms with van der Waals surface area (Å²) in [6.07, 6.45) is 3.14. The molecule has 0 bridgehead atoms.